The van der Waals surface area contributed by atoms with Gasteiger partial charge in [0, 0.05) is 25.6 Å². The van der Waals surface area contributed by atoms with Crippen molar-refractivity contribution in [1.82, 2.24) is 4.90 Å². The summed E-state index contributed by atoms with van der Waals surface area (Å²) >= 11 is 0. The van der Waals surface area contributed by atoms with Gasteiger partial charge in [0.25, 0.3) is 0 Å². The van der Waals surface area contributed by atoms with E-state index in [1.54, 1.807) is 12.1 Å². The summed E-state index contributed by atoms with van der Waals surface area (Å²) in [6, 6.07) is 16.4. The third-order valence-electron chi connectivity index (χ3n) is 5.21. The molecule has 134 valence electrons. The maximum Gasteiger partial charge on any atom is 0.123 e. The number of hydrogen-bond acceptors (Lipinski definition) is 3. The van der Waals surface area contributed by atoms with Gasteiger partial charge < -0.3 is 9.84 Å². The summed E-state index contributed by atoms with van der Waals surface area (Å²) < 4.78 is 18.8. The van der Waals surface area contributed by atoms with E-state index in [0.29, 0.717) is 6.42 Å². The van der Waals surface area contributed by atoms with Crippen molar-refractivity contribution in [2.45, 2.75) is 24.9 Å². The molecule has 1 aliphatic rings. The van der Waals surface area contributed by atoms with Crippen LogP contribution in [0.2, 0.25) is 0 Å². The summed E-state index contributed by atoms with van der Waals surface area (Å²) in [7, 11) is 0. The molecule has 25 heavy (non-hydrogen) atoms. The van der Waals surface area contributed by atoms with Crippen LogP contribution in [0.1, 0.15) is 30.4 Å². The third kappa shape index (κ3) is 4.09. The van der Waals surface area contributed by atoms with Crippen molar-refractivity contribution in [3.63, 3.8) is 0 Å². The average Bonchev–Trinajstić information content (AvgIpc) is 2.67. The molecule has 2 unspecified atom stereocenters. The summed E-state index contributed by atoms with van der Waals surface area (Å²) in [5.74, 6) is -0.381. The van der Waals surface area contributed by atoms with E-state index >= 15 is 0 Å². The highest BCUT2D eigenvalue weighted by Crippen LogP contribution is 2.40. The van der Waals surface area contributed by atoms with Gasteiger partial charge in [0.2, 0.25) is 0 Å². The summed E-state index contributed by atoms with van der Waals surface area (Å²) in [5.41, 5.74) is 0.814. The normalized spacial score (nSPS) is 19.3. The lowest BCUT2D eigenvalue weighted by atomic mass is 9.75. The van der Waals surface area contributed by atoms with Crippen molar-refractivity contribution < 1.29 is 14.2 Å². The SMILES string of the molecule is CCC(O)(c1ccc(F)cc1)C(CN1CCOCC1)c1ccccc1. The summed E-state index contributed by atoms with van der Waals surface area (Å²) in [6.45, 7) is 5.91. The Morgan fingerprint density at radius 1 is 1.08 bits per heavy atom. The van der Waals surface area contributed by atoms with Crippen molar-refractivity contribution in [2.75, 3.05) is 32.8 Å². The lowest BCUT2D eigenvalue weighted by Crippen LogP contribution is -2.44. The van der Waals surface area contributed by atoms with Crippen molar-refractivity contribution in [3.8, 4) is 0 Å². The number of ether oxygens (including phenoxy) is 1. The van der Waals surface area contributed by atoms with Gasteiger partial charge in [-0.15, -0.1) is 0 Å². The second-order valence-electron chi connectivity index (χ2n) is 6.66. The first-order chi connectivity index (χ1) is 12.1. The highest BCUT2D eigenvalue weighted by molar-refractivity contribution is 5.32. The smallest absolute Gasteiger partial charge is 0.123 e. The Kier molecular flexibility index (Phi) is 5.84. The predicted molar refractivity (Wildman–Crippen MR) is 97.0 cm³/mol. The van der Waals surface area contributed by atoms with Crippen LogP contribution in [-0.2, 0) is 10.3 Å². The molecule has 0 amide bonds. The molecule has 0 radical (unpaired) electrons. The predicted octanol–water partition coefficient (Wildman–Crippen LogP) is 3.54. The first-order valence-electron chi connectivity index (χ1n) is 8.97. The van der Waals surface area contributed by atoms with Crippen LogP contribution in [0.4, 0.5) is 4.39 Å². The van der Waals surface area contributed by atoms with E-state index in [1.165, 1.54) is 12.1 Å². The Labute approximate surface area is 149 Å². The maximum absolute atomic E-state index is 13.4. The van der Waals surface area contributed by atoms with Gasteiger partial charge >= 0.3 is 0 Å². The molecule has 2 aromatic rings. The Morgan fingerprint density at radius 2 is 1.72 bits per heavy atom. The fourth-order valence-corrected chi connectivity index (χ4v) is 3.65. The highest BCUT2D eigenvalue weighted by atomic mass is 19.1. The van der Waals surface area contributed by atoms with Crippen LogP contribution in [-0.4, -0.2) is 42.9 Å². The first kappa shape index (κ1) is 18.1. The van der Waals surface area contributed by atoms with E-state index in [-0.39, 0.29) is 11.7 Å². The fourth-order valence-electron chi connectivity index (χ4n) is 3.65. The number of morpholine rings is 1. The molecule has 3 nitrogen and oxygen atoms in total. The lowest BCUT2D eigenvalue weighted by molar-refractivity contribution is -0.0250. The zero-order valence-corrected chi connectivity index (χ0v) is 14.7. The second kappa shape index (κ2) is 8.09. The van der Waals surface area contributed by atoms with Gasteiger partial charge in [0.1, 0.15) is 5.82 Å². The topological polar surface area (TPSA) is 32.7 Å². The van der Waals surface area contributed by atoms with Crippen molar-refractivity contribution >= 4 is 0 Å². The Hall–Kier alpha value is -1.75. The Bertz CT molecular complexity index is 655. The summed E-state index contributed by atoms with van der Waals surface area (Å²) in [6.07, 6.45) is 0.558. The minimum Gasteiger partial charge on any atom is -0.384 e. The second-order valence-corrected chi connectivity index (χ2v) is 6.66. The minimum atomic E-state index is -1.05. The van der Waals surface area contributed by atoms with Crippen molar-refractivity contribution in [3.05, 3.63) is 71.5 Å². The van der Waals surface area contributed by atoms with Gasteiger partial charge in [-0.25, -0.2) is 4.39 Å². The molecular formula is C21H26FNO2. The third-order valence-corrected chi connectivity index (χ3v) is 5.21. The number of hydrogen-bond donors (Lipinski definition) is 1. The van der Waals surface area contributed by atoms with E-state index in [9.17, 15) is 9.50 Å². The van der Waals surface area contributed by atoms with Crippen LogP contribution in [0.5, 0.6) is 0 Å². The number of aliphatic hydroxyl groups is 1. The molecule has 0 spiro atoms. The zero-order valence-electron chi connectivity index (χ0n) is 14.7. The molecule has 2 atom stereocenters. The van der Waals surface area contributed by atoms with Crippen LogP contribution in [0.25, 0.3) is 0 Å². The van der Waals surface area contributed by atoms with Crippen LogP contribution in [0.3, 0.4) is 0 Å². The molecule has 1 N–H and O–H groups in total. The highest BCUT2D eigenvalue weighted by Gasteiger charge is 2.39. The molecule has 1 saturated heterocycles. The average molecular weight is 343 g/mol. The lowest BCUT2D eigenvalue weighted by Gasteiger charge is -2.40. The number of halogens is 1. The van der Waals surface area contributed by atoms with E-state index in [0.717, 1.165) is 44.0 Å². The van der Waals surface area contributed by atoms with Gasteiger partial charge in [-0.3, -0.25) is 4.90 Å². The molecule has 0 aromatic heterocycles. The number of nitrogens with zero attached hydrogens (tertiary/aromatic N) is 1. The van der Waals surface area contributed by atoms with Crippen LogP contribution in [0, 0.1) is 5.82 Å². The van der Waals surface area contributed by atoms with Gasteiger partial charge in [0.05, 0.1) is 18.8 Å². The number of benzene rings is 2. The molecule has 3 rings (SSSR count). The van der Waals surface area contributed by atoms with E-state index < -0.39 is 5.60 Å². The van der Waals surface area contributed by atoms with Crippen LogP contribution in [0.15, 0.2) is 54.6 Å². The molecule has 0 aliphatic carbocycles. The largest absolute Gasteiger partial charge is 0.384 e. The van der Waals surface area contributed by atoms with Gasteiger partial charge in [-0.05, 0) is 29.7 Å². The fraction of sp³-hybridized carbons (Fsp3) is 0.429. The molecule has 2 aromatic carbocycles. The molecular weight excluding hydrogens is 317 g/mol. The quantitative estimate of drug-likeness (QED) is 0.871. The Morgan fingerprint density at radius 3 is 2.32 bits per heavy atom. The summed E-state index contributed by atoms with van der Waals surface area (Å²) in [5, 5.41) is 11.6. The van der Waals surface area contributed by atoms with Gasteiger partial charge in [-0.2, -0.15) is 0 Å². The molecule has 1 heterocycles. The van der Waals surface area contributed by atoms with Gasteiger partial charge in [-0.1, -0.05) is 49.4 Å². The Balaban J connectivity index is 1.96. The molecule has 0 saturated carbocycles. The zero-order chi connectivity index (χ0) is 17.7. The molecule has 4 heteroatoms. The van der Waals surface area contributed by atoms with Crippen molar-refractivity contribution in [2.24, 2.45) is 0 Å². The van der Waals surface area contributed by atoms with E-state index in [1.807, 2.05) is 25.1 Å². The molecule has 1 fully saturated rings. The number of rotatable bonds is 6. The molecule has 0 bridgehead atoms. The molecule has 1 aliphatic heterocycles. The summed E-state index contributed by atoms with van der Waals surface area (Å²) in [4.78, 5) is 2.34. The van der Waals surface area contributed by atoms with Crippen LogP contribution < -0.4 is 0 Å². The monoisotopic (exact) mass is 343 g/mol. The maximum atomic E-state index is 13.4. The standard InChI is InChI=1S/C21H26FNO2/c1-2-21(24,18-8-10-19(22)11-9-18)20(17-6-4-3-5-7-17)16-23-12-14-25-15-13-23/h3-11,20,24H,2,12-16H2,1H3. The van der Waals surface area contributed by atoms with Gasteiger partial charge in [0.15, 0.2) is 0 Å². The first-order valence-corrected chi connectivity index (χ1v) is 8.97. The minimum absolute atomic E-state index is 0.0951. The van der Waals surface area contributed by atoms with Crippen molar-refractivity contribution in [1.29, 1.82) is 0 Å². The van der Waals surface area contributed by atoms with Crippen LogP contribution >= 0.6 is 0 Å². The van der Waals surface area contributed by atoms with E-state index in [4.69, 9.17) is 4.74 Å². The van der Waals surface area contributed by atoms with E-state index in [2.05, 4.69) is 17.0 Å².